The van der Waals surface area contributed by atoms with E-state index in [-0.39, 0.29) is 18.1 Å². The molecule has 0 fully saturated rings. The summed E-state index contributed by atoms with van der Waals surface area (Å²) in [4.78, 5) is 17.0. The van der Waals surface area contributed by atoms with Gasteiger partial charge in [0.05, 0.1) is 17.8 Å². The largest absolute Gasteiger partial charge is 0.326 e. The lowest BCUT2D eigenvalue weighted by atomic mass is 10.0. The molecule has 0 spiro atoms. The number of rotatable bonds is 6. The van der Waals surface area contributed by atoms with Crippen molar-refractivity contribution < 1.29 is 9.18 Å². The smallest absolute Gasteiger partial charge is 0.230 e. The topological polar surface area (TPSA) is 59.8 Å². The van der Waals surface area contributed by atoms with Gasteiger partial charge in [0.2, 0.25) is 11.0 Å². The SMILES string of the molecule is Cc1cccc(NC(=O)Cc2csc(-n3nc(C)c(Cc4cccc(F)c4)c3C)n2)c1. The van der Waals surface area contributed by atoms with Gasteiger partial charge in [0.1, 0.15) is 5.82 Å². The second kappa shape index (κ2) is 8.81. The van der Waals surface area contributed by atoms with Crippen LogP contribution in [0.5, 0.6) is 0 Å². The van der Waals surface area contributed by atoms with E-state index in [0.717, 1.165) is 33.8 Å². The third-order valence-corrected chi connectivity index (χ3v) is 5.94. The number of nitrogens with zero attached hydrogens (tertiary/aromatic N) is 3. The molecule has 4 aromatic rings. The molecule has 1 amide bonds. The molecule has 2 aromatic carbocycles. The summed E-state index contributed by atoms with van der Waals surface area (Å²) in [5.41, 5.74) is 6.37. The number of halogens is 1. The zero-order valence-electron chi connectivity index (χ0n) is 17.6. The van der Waals surface area contributed by atoms with Crippen molar-refractivity contribution in [2.75, 3.05) is 5.32 Å². The van der Waals surface area contributed by atoms with Crippen LogP contribution < -0.4 is 5.32 Å². The Hall–Kier alpha value is -3.32. The first-order valence-electron chi connectivity index (χ1n) is 10.00. The van der Waals surface area contributed by atoms with Crippen LogP contribution in [0.15, 0.2) is 53.9 Å². The van der Waals surface area contributed by atoms with E-state index in [4.69, 9.17) is 0 Å². The number of carbonyl (C=O) groups is 1. The predicted octanol–water partition coefficient (Wildman–Crippen LogP) is 5.17. The van der Waals surface area contributed by atoms with Crippen LogP contribution in [0.1, 0.15) is 33.8 Å². The van der Waals surface area contributed by atoms with Crippen molar-refractivity contribution in [1.82, 2.24) is 14.8 Å². The number of nitrogens with one attached hydrogen (secondary N) is 1. The van der Waals surface area contributed by atoms with Gasteiger partial charge in [0.25, 0.3) is 0 Å². The number of carbonyl (C=O) groups excluding carboxylic acids is 1. The van der Waals surface area contributed by atoms with Crippen molar-refractivity contribution in [3.8, 4) is 5.13 Å². The first kappa shape index (κ1) is 20.9. The van der Waals surface area contributed by atoms with Crippen molar-refractivity contribution in [3.63, 3.8) is 0 Å². The van der Waals surface area contributed by atoms with Crippen LogP contribution >= 0.6 is 11.3 Å². The minimum atomic E-state index is -0.242. The summed E-state index contributed by atoms with van der Waals surface area (Å²) in [5.74, 6) is -0.351. The molecule has 0 aliphatic heterocycles. The van der Waals surface area contributed by atoms with E-state index < -0.39 is 0 Å². The molecule has 5 nitrogen and oxygen atoms in total. The maximum atomic E-state index is 13.5. The van der Waals surface area contributed by atoms with Gasteiger partial charge < -0.3 is 5.32 Å². The van der Waals surface area contributed by atoms with E-state index in [0.29, 0.717) is 17.2 Å². The van der Waals surface area contributed by atoms with Gasteiger partial charge in [-0.15, -0.1) is 11.3 Å². The molecule has 4 rings (SSSR count). The highest BCUT2D eigenvalue weighted by atomic mass is 32.1. The zero-order valence-corrected chi connectivity index (χ0v) is 18.5. The molecule has 7 heteroatoms. The lowest BCUT2D eigenvalue weighted by molar-refractivity contribution is -0.115. The second-order valence-electron chi connectivity index (χ2n) is 7.58. The first-order valence-corrected chi connectivity index (χ1v) is 10.9. The van der Waals surface area contributed by atoms with Crippen LogP contribution in [0.2, 0.25) is 0 Å². The number of aryl methyl sites for hydroxylation is 2. The summed E-state index contributed by atoms with van der Waals surface area (Å²) in [5, 5.41) is 10.1. The molecule has 31 heavy (non-hydrogen) atoms. The standard InChI is InChI=1S/C24H23FN4OS/c1-15-6-4-9-20(10-15)26-23(30)13-21-14-31-24(27-21)29-17(3)22(16(2)28-29)12-18-7-5-8-19(25)11-18/h4-11,14H,12-13H2,1-3H3,(H,26,30). The van der Waals surface area contributed by atoms with Crippen molar-refractivity contribution >= 4 is 22.9 Å². The van der Waals surface area contributed by atoms with Crippen LogP contribution in [0, 0.1) is 26.6 Å². The van der Waals surface area contributed by atoms with Gasteiger partial charge in [-0.1, -0.05) is 24.3 Å². The molecule has 0 unspecified atom stereocenters. The minimum Gasteiger partial charge on any atom is -0.326 e. The number of benzene rings is 2. The summed E-state index contributed by atoms with van der Waals surface area (Å²) < 4.78 is 15.3. The van der Waals surface area contributed by atoms with E-state index in [1.807, 2.05) is 56.5 Å². The van der Waals surface area contributed by atoms with Gasteiger partial charge in [-0.05, 0) is 56.2 Å². The Morgan fingerprint density at radius 2 is 1.94 bits per heavy atom. The van der Waals surface area contributed by atoms with Crippen LogP contribution in [0.4, 0.5) is 10.1 Å². The Labute approximate surface area is 184 Å². The lowest BCUT2D eigenvalue weighted by Gasteiger charge is -2.05. The number of hydrogen-bond acceptors (Lipinski definition) is 4. The number of aromatic nitrogens is 3. The molecule has 0 saturated carbocycles. The van der Waals surface area contributed by atoms with Crippen LogP contribution in [-0.4, -0.2) is 20.7 Å². The summed E-state index contributed by atoms with van der Waals surface area (Å²) in [7, 11) is 0. The molecule has 1 N–H and O–H groups in total. The van der Waals surface area contributed by atoms with Gasteiger partial charge in [-0.2, -0.15) is 5.10 Å². The fourth-order valence-electron chi connectivity index (χ4n) is 3.54. The average molecular weight is 435 g/mol. The Bertz CT molecular complexity index is 1240. The quantitative estimate of drug-likeness (QED) is 0.456. The molecule has 0 aliphatic carbocycles. The monoisotopic (exact) mass is 434 g/mol. The molecule has 158 valence electrons. The average Bonchev–Trinajstić information content (AvgIpc) is 3.27. The molecule has 0 radical (unpaired) electrons. The highest BCUT2D eigenvalue weighted by Crippen LogP contribution is 2.23. The molecule has 2 aromatic heterocycles. The maximum absolute atomic E-state index is 13.5. The van der Waals surface area contributed by atoms with Crippen LogP contribution in [0.25, 0.3) is 5.13 Å². The van der Waals surface area contributed by atoms with Gasteiger partial charge in [-0.3, -0.25) is 4.79 Å². The molecule has 0 aliphatic rings. The normalized spacial score (nSPS) is 11.0. The number of hydrogen-bond donors (Lipinski definition) is 1. The summed E-state index contributed by atoms with van der Waals surface area (Å²) in [6, 6.07) is 14.3. The van der Waals surface area contributed by atoms with Gasteiger partial charge >= 0.3 is 0 Å². The van der Waals surface area contributed by atoms with E-state index in [1.54, 1.807) is 16.8 Å². The van der Waals surface area contributed by atoms with E-state index in [2.05, 4.69) is 15.4 Å². The van der Waals surface area contributed by atoms with Gasteiger partial charge in [-0.25, -0.2) is 14.1 Å². The number of thiazole rings is 1. The van der Waals surface area contributed by atoms with E-state index in [9.17, 15) is 9.18 Å². The lowest BCUT2D eigenvalue weighted by Crippen LogP contribution is -2.14. The number of amides is 1. The van der Waals surface area contributed by atoms with Crippen molar-refractivity contribution in [3.05, 3.63) is 93.5 Å². The third kappa shape index (κ3) is 4.88. The number of anilines is 1. The predicted molar refractivity (Wildman–Crippen MR) is 121 cm³/mol. The molecule has 0 atom stereocenters. The first-order chi connectivity index (χ1) is 14.9. The molecule has 2 heterocycles. The second-order valence-corrected chi connectivity index (χ2v) is 8.42. The molecule has 0 saturated heterocycles. The highest BCUT2D eigenvalue weighted by Gasteiger charge is 2.17. The third-order valence-electron chi connectivity index (χ3n) is 5.08. The van der Waals surface area contributed by atoms with Crippen LogP contribution in [-0.2, 0) is 17.6 Å². The Morgan fingerprint density at radius 3 is 2.71 bits per heavy atom. The highest BCUT2D eigenvalue weighted by molar-refractivity contribution is 7.12. The Morgan fingerprint density at radius 1 is 1.13 bits per heavy atom. The van der Waals surface area contributed by atoms with E-state index >= 15 is 0 Å². The summed E-state index contributed by atoms with van der Waals surface area (Å²) in [6.07, 6.45) is 0.798. The summed E-state index contributed by atoms with van der Waals surface area (Å²) >= 11 is 1.45. The molecular formula is C24H23FN4OS. The van der Waals surface area contributed by atoms with Gasteiger partial charge in [0, 0.05) is 28.7 Å². The van der Waals surface area contributed by atoms with Crippen molar-refractivity contribution in [2.45, 2.75) is 33.6 Å². The fraction of sp³-hybridized carbons (Fsp3) is 0.208. The minimum absolute atomic E-state index is 0.109. The Kier molecular flexibility index (Phi) is 5.95. The summed E-state index contributed by atoms with van der Waals surface area (Å²) in [6.45, 7) is 5.92. The van der Waals surface area contributed by atoms with Crippen molar-refractivity contribution in [1.29, 1.82) is 0 Å². The molecule has 0 bridgehead atoms. The van der Waals surface area contributed by atoms with Crippen molar-refractivity contribution in [2.24, 2.45) is 0 Å². The Balaban J connectivity index is 1.49. The van der Waals surface area contributed by atoms with E-state index in [1.165, 1.54) is 17.4 Å². The van der Waals surface area contributed by atoms with Gasteiger partial charge in [0.15, 0.2) is 0 Å². The molecular weight excluding hydrogens is 411 g/mol. The fourth-order valence-corrected chi connectivity index (χ4v) is 4.36. The van der Waals surface area contributed by atoms with Crippen LogP contribution in [0.3, 0.4) is 0 Å². The maximum Gasteiger partial charge on any atom is 0.230 e. The zero-order chi connectivity index (χ0) is 22.0.